The van der Waals surface area contributed by atoms with Crippen molar-refractivity contribution in [2.24, 2.45) is 0 Å². The van der Waals surface area contributed by atoms with Crippen LogP contribution in [0, 0.1) is 13.8 Å². The Balaban J connectivity index is 2.52. The number of carbonyl (C=O) groups excluding carboxylic acids is 1. The van der Waals surface area contributed by atoms with E-state index in [0.717, 1.165) is 16.9 Å². The zero-order chi connectivity index (χ0) is 12.8. The molecule has 3 N–H and O–H groups in total. The van der Waals surface area contributed by atoms with Crippen LogP contribution >= 0.6 is 0 Å². The summed E-state index contributed by atoms with van der Waals surface area (Å²) < 4.78 is 5.55. The highest BCUT2D eigenvalue weighted by atomic mass is 16.5. The lowest BCUT2D eigenvalue weighted by Gasteiger charge is -2.11. The van der Waals surface area contributed by atoms with Crippen LogP contribution in [-0.2, 0) is 4.79 Å². The van der Waals surface area contributed by atoms with Crippen molar-refractivity contribution in [3.8, 4) is 5.75 Å². The number of amides is 1. The first-order valence-corrected chi connectivity index (χ1v) is 5.80. The molecule has 0 radical (unpaired) electrons. The number of nitrogens with two attached hydrogens (primary N) is 1. The quantitative estimate of drug-likeness (QED) is 0.766. The molecule has 0 aliphatic heterocycles. The average molecular weight is 236 g/mol. The standard InChI is InChI=1S/C13H20N2O2/c1-4-15-13(16)5-6-17-12-8-11(14)9(2)7-10(12)3/h7-8H,4-6,14H2,1-3H3,(H,15,16). The molecular formula is C13H20N2O2. The molecule has 0 heterocycles. The second kappa shape index (κ2) is 6.13. The van der Waals surface area contributed by atoms with Gasteiger partial charge in [-0.05, 0) is 31.9 Å². The van der Waals surface area contributed by atoms with Crippen LogP contribution in [0.3, 0.4) is 0 Å². The first-order chi connectivity index (χ1) is 8.04. The fourth-order valence-corrected chi connectivity index (χ4v) is 1.54. The number of nitrogen functional groups attached to an aromatic ring is 1. The molecule has 0 aromatic heterocycles. The van der Waals surface area contributed by atoms with Crippen LogP contribution in [0.25, 0.3) is 0 Å². The maximum Gasteiger partial charge on any atom is 0.223 e. The minimum atomic E-state index is 0.00485. The Morgan fingerprint density at radius 3 is 2.71 bits per heavy atom. The first-order valence-electron chi connectivity index (χ1n) is 5.80. The zero-order valence-corrected chi connectivity index (χ0v) is 10.7. The minimum Gasteiger partial charge on any atom is -0.493 e. The van der Waals surface area contributed by atoms with Gasteiger partial charge >= 0.3 is 0 Å². The molecular weight excluding hydrogens is 216 g/mol. The number of benzene rings is 1. The molecule has 94 valence electrons. The highest BCUT2D eigenvalue weighted by Crippen LogP contribution is 2.24. The summed E-state index contributed by atoms with van der Waals surface area (Å²) in [6, 6.07) is 3.79. The number of hydrogen-bond donors (Lipinski definition) is 2. The first kappa shape index (κ1) is 13.4. The number of carbonyl (C=O) groups is 1. The number of nitrogens with one attached hydrogen (secondary N) is 1. The van der Waals surface area contributed by atoms with Crippen molar-refractivity contribution in [1.82, 2.24) is 5.32 Å². The summed E-state index contributed by atoms with van der Waals surface area (Å²) in [6.45, 7) is 6.84. The molecule has 1 aromatic rings. The van der Waals surface area contributed by atoms with Crippen molar-refractivity contribution in [3.05, 3.63) is 23.3 Å². The maximum atomic E-state index is 11.2. The Hall–Kier alpha value is -1.71. The molecule has 0 saturated carbocycles. The zero-order valence-electron chi connectivity index (χ0n) is 10.7. The van der Waals surface area contributed by atoms with Gasteiger partial charge in [0.05, 0.1) is 13.0 Å². The molecule has 0 bridgehead atoms. The summed E-state index contributed by atoms with van der Waals surface area (Å²) in [7, 11) is 0. The van der Waals surface area contributed by atoms with Crippen molar-refractivity contribution in [2.45, 2.75) is 27.2 Å². The molecule has 0 aliphatic carbocycles. The van der Waals surface area contributed by atoms with Crippen LogP contribution < -0.4 is 15.8 Å². The summed E-state index contributed by atoms with van der Waals surface area (Å²) in [5.41, 5.74) is 8.60. The smallest absolute Gasteiger partial charge is 0.223 e. The Kier molecular flexibility index (Phi) is 4.82. The lowest BCUT2D eigenvalue weighted by atomic mass is 10.1. The summed E-state index contributed by atoms with van der Waals surface area (Å²) in [5, 5.41) is 2.72. The molecule has 0 spiro atoms. The Morgan fingerprint density at radius 1 is 1.35 bits per heavy atom. The fraction of sp³-hybridized carbons (Fsp3) is 0.462. The molecule has 1 aromatic carbocycles. The molecule has 0 atom stereocenters. The minimum absolute atomic E-state index is 0.00485. The monoisotopic (exact) mass is 236 g/mol. The summed E-state index contributed by atoms with van der Waals surface area (Å²) in [4.78, 5) is 11.2. The fourth-order valence-electron chi connectivity index (χ4n) is 1.54. The van der Waals surface area contributed by atoms with Crippen LogP contribution in [0.1, 0.15) is 24.5 Å². The second-order valence-corrected chi connectivity index (χ2v) is 4.03. The van der Waals surface area contributed by atoms with Gasteiger partial charge in [0.1, 0.15) is 5.75 Å². The molecule has 1 amide bonds. The molecule has 17 heavy (non-hydrogen) atoms. The summed E-state index contributed by atoms with van der Waals surface area (Å²) in [6.07, 6.45) is 0.362. The Morgan fingerprint density at radius 2 is 2.06 bits per heavy atom. The van der Waals surface area contributed by atoms with Gasteiger partial charge < -0.3 is 15.8 Å². The van der Waals surface area contributed by atoms with Crippen molar-refractivity contribution in [3.63, 3.8) is 0 Å². The van der Waals surface area contributed by atoms with Gasteiger partial charge in [-0.3, -0.25) is 4.79 Å². The third kappa shape index (κ3) is 3.98. The van der Waals surface area contributed by atoms with Gasteiger partial charge in [0.15, 0.2) is 0 Å². The van der Waals surface area contributed by atoms with E-state index in [-0.39, 0.29) is 5.91 Å². The van der Waals surface area contributed by atoms with Crippen molar-refractivity contribution in [1.29, 1.82) is 0 Å². The third-order valence-electron chi connectivity index (χ3n) is 2.52. The predicted molar refractivity (Wildman–Crippen MR) is 69.1 cm³/mol. The van der Waals surface area contributed by atoms with E-state index < -0.39 is 0 Å². The van der Waals surface area contributed by atoms with E-state index in [2.05, 4.69) is 5.32 Å². The van der Waals surface area contributed by atoms with E-state index in [1.807, 2.05) is 32.9 Å². The highest BCUT2D eigenvalue weighted by molar-refractivity contribution is 5.75. The van der Waals surface area contributed by atoms with Crippen LogP contribution in [0.15, 0.2) is 12.1 Å². The van der Waals surface area contributed by atoms with Gasteiger partial charge in [-0.2, -0.15) is 0 Å². The Bertz CT molecular complexity index is 403. The van der Waals surface area contributed by atoms with Gasteiger partial charge in [-0.1, -0.05) is 6.07 Å². The predicted octanol–water partition coefficient (Wildman–Crippen LogP) is 1.79. The van der Waals surface area contributed by atoms with Crippen molar-refractivity contribution >= 4 is 11.6 Å². The van der Waals surface area contributed by atoms with E-state index in [9.17, 15) is 4.79 Å². The van der Waals surface area contributed by atoms with Gasteiger partial charge in [0.25, 0.3) is 0 Å². The van der Waals surface area contributed by atoms with Crippen LogP contribution in [0.4, 0.5) is 5.69 Å². The van der Waals surface area contributed by atoms with Gasteiger partial charge in [-0.25, -0.2) is 0 Å². The number of rotatable bonds is 5. The molecule has 1 rings (SSSR count). The third-order valence-corrected chi connectivity index (χ3v) is 2.52. The molecule has 0 fully saturated rings. The topological polar surface area (TPSA) is 64.3 Å². The number of anilines is 1. The van der Waals surface area contributed by atoms with E-state index in [4.69, 9.17) is 10.5 Å². The lowest BCUT2D eigenvalue weighted by molar-refractivity contribution is -0.121. The normalized spacial score (nSPS) is 10.1. The lowest BCUT2D eigenvalue weighted by Crippen LogP contribution is -2.24. The SMILES string of the molecule is CCNC(=O)CCOc1cc(N)c(C)cc1C. The van der Waals surface area contributed by atoms with E-state index >= 15 is 0 Å². The van der Waals surface area contributed by atoms with Gasteiger partial charge in [-0.15, -0.1) is 0 Å². The Labute approximate surface area is 102 Å². The van der Waals surface area contributed by atoms with E-state index in [0.29, 0.717) is 25.3 Å². The number of ether oxygens (including phenoxy) is 1. The van der Waals surface area contributed by atoms with E-state index in [1.165, 1.54) is 0 Å². The molecule has 0 unspecified atom stereocenters. The average Bonchev–Trinajstić information content (AvgIpc) is 2.26. The number of aryl methyl sites for hydroxylation is 2. The molecule has 4 heteroatoms. The van der Waals surface area contributed by atoms with Crippen LogP contribution in [0.2, 0.25) is 0 Å². The van der Waals surface area contributed by atoms with Crippen molar-refractivity contribution < 1.29 is 9.53 Å². The second-order valence-electron chi connectivity index (χ2n) is 4.03. The van der Waals surface area contributed by atoms with Crippen molar-refractivity contribution in [2.75, 3.05) is 18.9 Å². The van der Waals surface area contributed by atoms with E-state index in [1.54, 1.807) is 0 Å². The van der Waals surface area contributed by atoms with Gasteiger partial charge in [0, 0.05) is 18.3 Å². The molecule has 4 nitrogen and oxygen atoms in total. The summed E-state index contributed by atoms with van der Waals surface area (Å²) in [5.74, 6) is 0.752. The van der Waals surface area contributed by atoms with Crippen LogP contribution in [0.5, 0.6) is 5.75 Å². The number of hydrogen-bond acceptors (Lipinski definition) is 3. The highest BCUT2D eigenvalue weighted by Gasteiger charge is 2.05. The molecule has 0 saturated heterocycles. The summed E-state index contributed by atoms with van der Waals surface area (Å²) >= 11 is 0. The largest absolute Gasteiger partial charge is 0.493 e. The maximum absolute atomic E-state index is 11.2. The molecule has 0 aliphatic rings. The van der Waals surface area contributed by atoms with Gasteiger partial charge in [0.2, 0.25) is 5.91 Å². The van der Waals surface area contributed by atoms with Crippen LogP contribution in [-0.4, -0.2) is 19.1 Å².